The Morgan fingerprint density at radius 1 is 0.938 bits per heavy atom. The van der Waals surface area contributed by atoms with E-state index in [0.29, 0.717) is 5.11 Å². The molecule has 160 valence electrons. The second-order valence-corrected chi connectivity index (χ2v) is 9.13. The van der Waals surface area contributed by atoms with Gasteiger partial charge < -0.3 is 14.8 Å². The van der Waals surface area contributed by atoms with Gasteiger partial charge >= 0.3 is 0 Å². The van der Waals surface area contributed by atoms with Gasteiger partial charge in [-0.25, -0.2) is 4.98 Å². The van der Waals surface area contributed by atoms with Gasteiger partial charge in [-0.15, -0.1) is 0 Å². The molecule has 1 aliphatic rings. The summed E-state index contributed by atoms with van der Waals surface area (Å²) in [7, 11) is 0. The topological polar surface area (TPSA) is 46.0 Å². The normalized spacial score (nSPS) is 18.1. The Balaban J connectivity index is 1.68. The van der Waals surface area contributed by atoms with Crippen LogP contribution in [0, 0.1) is 13.8 Å². The Hall–Kier alpha value is -3.03. The first kappa shape index (κ1) is 20.8. The number of hydrogen-bond donors (Lipinski definition) is 1. The van der Waals surface area contributed by atoms with Crippen LogP contribution in [0.15, 0.2) is 83.6 Å². The first-order valence-electron chi connectivity index (χ1n) is 10.4. The van der Waals surface area contributed by atoms with E-state index in [9.17, 15) is 0 Å². The number of aryl methyl sites for hydroxylation is 1. The molecule has 0 spiro atoms. The molecule has 0 unspecified atom stereocenters. The number of thiocarbonyl (C=S) groups is 1. The number of nitrogens with one attached hydrogen (secondary N) is 1. The summed E-state index contributed by atoms with van der Waals surface area (Å²) in [4.78, 5) is 11.4. The predicted octanol–water partition coefficient (Wildman–Crippen LogP) is 5.82. The van der Waals surface area contributed by atoms with Crippen LogP contribution in [-0.4, -0.2) is 19.6 Å². The van der Waals surface area contributed by atoms with Crippen molar-refractivity contribution in [3.05, 3.63) is 106 Å². The van der Waals surface area contributed by atoms with Crippen LogP contribution >= 0.6 is 28.1 Å². The highest BCUT2D eigenvalue weighted by atomic mass is 79.9. The van der Waals surface area contributed by atoms with E-state index < -0.39 is 0 Å². The van der Waals surface area contributed by atoms with Crippen molar-refractivity contribution >= 4 is 38.9 Å². The van der Waals surface area contributed by atoms with Crippen molar-refractivity contribution in [1.29, 1.82) is 0 Å². The fourth-order valence-electron chi connectivity index (χ4n) is 4.48. The standard InChI is InChI=1S/C25H22BrN5S/c1-16-15-20(17(2)30(16)22-8-4-6-14-28-22)24-23(21-7-3-5-13-27-21)29-25(32)31(24)19-11-9-18(26)10-12-19/h3-15,23-24H,1-2H3,(H,29,32)/t23-,24+/m0/s1. The molecule has 0 aliphatic carbocycles. The molecule has 5 rings (SSSR count). The molecule has 32 heavy (non-hydrogen) atoms. The van der Waals surface area contributed by atoms with Crippen molar-refractivity contribution < 1.29 is 0 Å². The van der Waals surface area contributed by atoms with Gasteiger partial charge in [0.05, 0.1) is 17.8 Å². The fourth-order valence-corrected chi connectivity index (χ4v) is 5.09. The third-order valence-electron chi connectivity index (χ3n) is 5.87. The second-order valence-electron chi connectivity index (χ2n) is 7.82. The number of anilines is 1. The van der Waals surface area contributed by atoms with E-state index in [-0.39, 0.29) is 12.1 Å². The summed E-state index contributed by atoms with van der Waals surface area (Å²) >= 11 is 9.38. The third-order valence-corrected chi connectivity index (χ3v) is 6.71. The van der Waals surface area contributed by atoms with Crippen molar-refractivity contribution in [3.8, 4) is 5.82 Å². The summed E-state index contributed by atoms with van der Waals surface area (Å²) in [5.41, 5.74) is 5.46. The summed E-state index contributed by atoms with van der Waals surface area (Å²) in [5.74, 6) is 0.909. The summed E-state index contributed by atoms with van der Waals surface area (Å²) < 4.78 is 3.23. The summed E-state index contributed by atoms with van der Waals surface area (Å²) in [5, 5.41) is 4.23. The molecule has 3 aromatic heterocycles. The minimum Gasteiger partial charge on any atom is -0.351 e. The van der Waals surface area contributed by atoms with E-state index in [1.54, 1.807) is 0 Å². The fraction of sp³-hybridized carbons (Fsp3) is 0.160. The van der Waals surface area contributed by atoms with E-state index in [1.165, 1.54) is 5.56 Å². The average Bonchev–Trinajstić information content (AvgIpc) is 3.31. The molecular formula is C25H22BrN5S. The molecule has 0 bridgehead atoms. The molecule has 4 aromatic rings. The van der Waals surface area contributed by atoms with Gasteiger partial charge in [0.1, 0.15) is 5.82 Å². The van der Waals surface area contributed by atoms with Crippen LogP contribution in [0.3, 0.4) is 0 Å². The molecule has 1 fully saturated rings. The minimum atomic E-state index is -0.0787. The zero-order chi connectivity index (χ0) is 22.2. The molecule has 0 saturated carbocycles. The van der Waals surface area contributed by atoms with Gasteiger partial charge in [-0.2, -0.15) is 0 Å². The Labute approximate surface area is 201 Å². The van der Waals surface area contributed by atoms with Crippen molar-refractivity contribution in [2.45, 2.75) is 25.9 Å². The van der Waals surface area contributed by atoms with Crippen molar-refractivity contribution in [2.75, 3.05) is 4.90 Å². The van der Waals surface area contributed by atoms with Gasteiger partial charge in [-0.05, 0) is 86.2 Å². The molecule has 1 aliphatic heterocycles. The van der Waals surface area contributed by atoms with E-state index in [2.05, 4.69) is 78.8 Å². The van der Waals surface area contributed by atoms with Crippen LogP contribution < -0.4 is 10.2 Å². The highest BCUT2D eigenvalue weighted by molar-refractivity contribution is 9.10. The van der Waals surface area contributed by atoms with Gasteiger partial charge in [-0.3, -0.25) is 4.98 Å². The van der Waals surface area contributed by atoms with Crippen molar-refractivity contribution in [2.24, 2.45) is 0 Å². The zero-order valence-electron chi connectivity index (χ0n) is 17.7. The molecular weight excluding hydrogens is 482 g/mol. The lowest BCUT2D eigenvalue weighted by atomic mass is 9.96. The molecule has 5 nitrogen and oxygen atoms in total. The van der Waals surface area contributed by atoms with Crippen LogP contribution in [0.4, 0.5) is 5.69 Å². The summed E-state index contributed by atoms with van der Waals surface area (Å²) in [6, 6.07) is 22.4. The number of nitrogens with zero attached hydrogens (tertiary/aromatic N) is 4. The van der Waals surface area contributed by atoms with Crippen LogP contribution in [0.1, 0.15) is 34.7 Å². The van der Waals surface area contributed by atoms with Gasteiger partial charge in [-0.1, -0.05) is 28.1 Å². The largest absolute Gasteiger partial charge is 0.351 e. The molecule has 0 amide bonds. The highest BCUT2D eigenvalue weighted by Gasteiger charge is 2.42. The number of halogens is 1. The van der Waals surface area contributed by atoms with Gasteiger partial charge in [0, 0.05) is 33.9 Å². The third kappa shape index (κ3) is 3.61. The maximum absolute atomic E-state index is 5.84. The maximum atomic E-state index is 5.84. The zero-order valence-corrected chi connectivity index (χ0v) is 20.1. The Kier molecular flexibility index (Phi) is 5.53. The van der Waals surface area contributed by atoms with Crippen molar-refractivity contribution in [3.63, 3.8) is 0 Å². The Morgan fingerprint density at radius 2 is 1.66 bits per heavy atom. The second kappa shape index (κ2) is 8.48. The highest BCUT2D eigenvalue weighted by Crippen LogP contribution is 2.43. The van der Waals surface area contributed by atoms with E-state index >= 15 is 0 Å². The lowest BCUT2D eigenvalue weighted by Gasteiger charge is -2.28. The average molecular weight is 504 g/mol. The number of aromatic nitrogens is 3. The first-order valence-corrected chi connectivity index (χ1v) is 11.6. The van der Waals surface area contributed by atoms with E-state index in [4.69, 9.17) is 12.2 Å². The molecule has 4 heterocycles. The molecule has 1 aromatic carbocycles. The monoisotopic (exact) mass is 503 g/mol. The Bertz CT molecular complexity index is 1260. The smallest absolute Gasteiger partial charge is 0.174 e. The van der Waals surface area contributed by atoms with Crippen LogP contribution in [0.5, 0.6) is 0 Å². The number of benzene rings is 1. The van der Waals surface area contributed by atoms with Crippen LogP contribution in [0.2, 0.25) is 0 Å². The Morgan fingerprint density at radius 3 is 2.31 bits per heavy atom. The van der Waals surface area contributed by atoms with E-state index in [0.717, 1.165) is 33.1 Å². The molecule has 2 atom stereocenters. The number of pyridine rings is 2. The van der Waals surface area contributed by atoms with Gasteiger partial charge in [0.15, 0.2) is 5.11 Å². The van der Waals surface area contributed by atoms with Gasteiger partial charge in [0.25, 0.3) is 0 Å². The summed E-state index contributed by atoms with van der Waals surface area (Å²) in [6.45, 7) is 4.26. The van der Waals surface area contributed by atoms with Gasteiger partial charge in [0.2, 0.25) is 0 Å². The first-order chi connectivity index (χ1) is 15.5. The summed E-state index contributed by atoms with van der Waals surface area (Å²) in [6.07, 6.45) is 3.65. The van der Waals surface area contributed by atoms with Crippen molar-refractivity contribution in [1.82, 2.24) is 19.9 Å². The molecule has 7 heteroatoms. The van der Waals surface area contributed by atoms with Crippen LogP contribution in [0.25, 0.3) is 5.82 Å². The van der Waals surface area contributed by atoms with Crippen LogP contribution in [-0.2, 0) is 0 Å². The molecule has 1 N–H and O–H groups in total. The predicted molar refractivity (Wildman–Crippen MR) is 135 cm³/mol. The SMILES string of the molecule is Cc1cc([C@@H]2[C@H](c3ccccn3)NC(=S)N2c2ccc(Br)cc2)c(C)n1-c1ccccn1. The van der Waals surface area contributed by atoms with E-state index in [1.807, 2.05) is 54.9 Å². The quantitative estimate of drug-likeness (QED) is 0.355. The molecule has 0 radical (unpaired) electrons. The minimum absolute atomic E-state index is 0.0535. The molecule has 1 saturated heterocycles. The number of hydrogen-bond acceptors (Lipinski definition) is 3. The lowest BCUT2D eigenvalue weighted by molar-refractivity contribution is 0.565. The lowest BCUT2D eigenvalue weighted by Crippen LogP contribution is -2.29. The maximum Gasteiger partial charge on any atom is 0.174 e. The number of rotatable bonds is 4.